The van der Waals surface area contributed by atoms with Crippen LogP contribution in [0.15, 0.2) is 67.0 Å². The Morgan fingerprint density at radius 2 is 1.83 bits per heavy atom. The number of imidazole rings is 1. The molecule has 0 amide bonds. The van der Waals surface area contributed by atoms with Crippen LogP contribution in [0.4, 0.5) is 0 Å². The average Bonchev–Trinajstić information content (AvgIpc) is 3.26. The molecule has 0 unspecified atom stereocenters. The van der Waals surface area contributed by atoms with Gasteiger partial charge < -0.3 is 15.0 Å². The van der Waals surface area contributed by atoms with Crippen LogP contribution in [0.5, 0.6) is 0 Å². The normalized spacial score (nSPS) is 11.4. The topological polar surface area (TPSA) is 80.0 Å². The Hall–Kier alpha value is -3.51. The van der Waals surface area contributed by atoms with Gasteiger partial charge in [-0.05, 0) is 67.3 Å². The fraction of sp³-hybridized carbons (Fsp3) is 0.345. The van der Waals surface area contributed by atoms with Gasteiger partial charge in [-0.2, -0.15) is 0 Å². The summed E-state index contributed by atoms with van der Waals surface area (Å²) >= 11 is 0. The summed E-state index contributed by atoms with van der Waals surface area (Å²) in [5.41, 5.74) is 5.47. The first-order valence-electron chi connectivity index (χ1n) is 12.5. The minimum Gasteiger partial charge on any atom is -0.478 e. The van der Waals surface area contributed by atoms with Crippen LogP contribution in [0.2, 0.25) is 0 Å². The van der Waals surface area contributed by atoms with E-state index in [4.69, 9.17) is 4.98 Å². The van der Waals surface area contributed by atoms with Gasteiger partial charge in [0.1, 0.15) is 5.82 Å². The highest BCUT2D eigenvalue weighted by atomic mass is 16.4. The Balaban J connectivity index is 1.63. The second-order valence-corrected chi connectivity index (χ2v) is 9.03. The summed E-state index contributed by atoms with van der Waals surface area (Å²) in [6, 6.07) is 18.2. The van der Waals surface area contributed by atoms with Crippen molar-refractivity contribution in [3.63, 3.8) is 0 Å². The van der Waals surface area contributed by atoms with Crippen molar-refractivity contribution >= 4 is 17.0 Å². The van der Waals surface area contributed by atoms with E-state index in [0.717, 1.165) is 67.6 Å². The highest BCUT2D eigenvalue weighted by Gasteiger charge is 2.20. The lowest BCUT2D eigenvalue weighted by molar-refractivity contribution is 0.0697. The maximum Gasteiger partial charge on any atom is 0.335 e. The Morgan fingerprint density at radius 3 is 2.54 bits per heavy atom. The van der Waals surface area contributed by atoms with E-state index in [1.165, 1.54) is 11.1 Å². The number of carboxylic acid groups (broad SMARTS) is 1. The molecular formula is C29H34N4O2. The number of carboxylic acids is 1. The van der Waals surface area contributed by atoms with E-state index in [2.05, 4.69) is 59.0 Å². The number of pyridine rings is 1. The van der Waals surface area contributed by atoms with Crippen molar-refractivity contribution in [1.29, 1.82) is 0 Å². The lowest BCUT2D eigenvalue weighted by Crippen LogP contribution is -2.16. The van der Waals surface area contributed by atoms with E-state index < -0.39 is 5.97 Å². The Morgan fingerprint density at radius 1 is 1.03 bits per heavy atom. The van der Waals surface area contributed by atoms with Crippen molar-refractivity contribution in [1.82, 2.24) is 19.9 Å². The zero-order chi connectivity index (χ0) is 24.6. The Kier molecular flexibility index (Phi) is 8.27. The van der Waals surface area contributed by atoms with Gasteiger partial charge in [-0.1, -0.05) is 51.0 Å². The molecule has 0 radical (unpaired) electrons. The van der Waals surface area contributed by atoms with Crippen molar-refractivity contribution in [2.24, 2.45) is 0 Å². The number of fused-ring (bicyclic) bond motifs is 1. The molecule has 0 fully saturated rings. The number of nitrogens with one attached hydrogen (secondary N) is 1. The minimum atomic E-state index is -0.930. The lowest BCUT2D eigenvalue weighted by atomic mass is 10.0. The van der Waals surface area contributed by atoms with Crippen molar-refractivity contribution in [3.05, 3.63) is 83.7 Å². The first-order chi connectivity index (χ1) is 17.1. The Bertz CT molecular complexity index is 1260. The van der Waals surface area contributed by atoms with E-state index in [9.17, 15) is 9.90 Å². The summed E-state index contributed by atoms with van der Waals surface area (Å²) in [7, 11) is 0. The number of aromatic carboxylic acids is 1. The summed E-state index contributed by atoms with van der Waals surface area (Å²) in [4.78, 5) is 20.7. The summed E-state index contributed by atoms with van der Waals surface area (Å²) in [6.45, 7) is 6.07. The standard InChI is InChI=1S/C29H34N4O2/c1-3-7-25(8-4-2)33-27-13-12-24(29(34)35)18-26(27)32-28(33)23-11-5-9-22(17-23)20-31-16-14-21-10-6-15-30-19-21/h5-6,9-13,15,17-19,25,31H,3-4,7-8,14,16,20H2,1-2H3,(H,34,35). The molecule has 6 heteroatoms. The molecular weight excluding hydrogens is 436 g/mol. The number of hydrogen-bond donors (Lipinski definition) is 2. The van der Waals surface area contributed by atoms with Crippen molar-refractivity contribution < 1.29 is 9.90 Å². The highest BCUT2D eigenvalue weighted by molar-refractivity contribution is 5.93. The quantitative estimate of drug-likeness (QED) is 0.239. The van der Waals surface area contributed by atoms with E-state index in [1.807, 2.05) is 18.3 Å². The van der Waals surface area contributed by atoms with Crippen molar-refractivity contribution in [3.8, 4) is 11.4 Å². The monoisotopic (exact) mass is 470 g/mol. The zero-order valence-corrected chi connectivity index (χ0v) is 20.6. The molecule has 2 aromatic heterocycles. The summed E-state index contributed by atoms with van der Waals surface area (Å²) in [6.07, 6.45) is 8.92. The molecule has 0 bridgehead atoms. The van der Waals surface area contributed by atoms with Gasteiger partial charge in [0.05, 0.1) is 16.6 Å². The number of carbonyl (C=O) groups is 1. The molecule has 6 nitrogen and oxygen atoms in total. The largest absolute Gasteiger partial charge is 0.478 e. The SMILES string of the molecule is CCCC(CCC)n1c(-c2cccc(CNCCc3cccnc3)c2)nc2cc(C(=O)O)ccc21. The second kappa shape index (κ2) is 11.8. The van der Waals surface area contributed by atoms with E-state index in [1.54, 1.807) is 18.3 Å². The molecule has 0 aliphatic rings. The van der Waals surface area contributed by atoms with Crippen LogP contribution >= 0.6 is 0 Å². The van der Waals surface area contributed by atoms with Gasteiger partial charge >= 0.3 is 5.97 Å². The van der Waals surface area contributed by atoms with Crippen LogP contribution in [0.3, 0.4) is 0 Å². The minimum absolute atomic E-state index is 0.266. The van der Waals surface area contributed by atoms with Crippen molar-refractivity contribution in [2.75, 3.05) is 6.54 Å². The summed E-state index contributed by atoms with van der Waals surface area (Å²) in [5, 5.41) is 13.0. The van der Waals surface area contributed by atoms with Crippen LogP contribution in [-0.4, -0.2) is 32.2 Å². The summed E-state index contributed by atoms with van der Waals surface area (Å²) in [5.74, 6) is -0.0207. The number of hydrogen-bond acceptors (Lipinski definition) is 4. The molecule has 0 aliphatic heterocycles. The molecule has 2 N–H and O–H groups in total. The molecule has 182 valence electrons. The molecule has 4 aromatic rings. The van der Waals surface area contributed by atoms with Crippen LogP contribution < -0.4 is 5.32 Å². The molecule has 0 aliphatic carbocycles. The lowest BCUT2D eigenvalue weighted by Gasteiger charge is -2.21. The third-order valence-electron chi connectivity index (χ3n) is 6.37. The first kappa shape index (κ1) is 24.6. The fourth-order valence-corrected chi connectivity index (χ4v) is 4.71. The number of aromatic nitrogens is 3. The van der Waals surface area contributed by atoms with Crippen LogP contribution in [0, 0.1) is 0 Å². The number of nitrogens with zero attached hydrogens (tertiary/aromatic N) is 3. The van der Waals surface area contributed by atoms with Gasteiger partial charge in [-0.3, -0.25) is 4.98 Å². The maximum atomic E-state index is 11.6. The highest BCUT2D eigenvalue weighted by Crippen LogP contribution is 2.33. The third-order valence-corrected chi connectivity index (χ3v) is 6.37. The number of rotatable bonds is 12. The van der Waals surface area contributed by atoms with Gasteiger partial charge in [0.25, 0.3) is 0 Å². The molecule has 4 rings (SSSR count). The van der Waals surface area contributed by atoms with Crippen molar-refractivity contribution in [2.45, 2.75) is 58.5 Å². The fourth-order valence-electron chi connectivity index (χ4n) is 4.71. The van der Waals surface area contributed by atoms with Crippen LogP contribution in [0.25, 0.3) is 22.4 Å². The van der Waals surface area contributed by atoms with E-state index in [0.29, 0.717) is 6.04 Å². The molecule has 0 spiro atoms. The predicted molar refractivity (Wildman–Crippen MR) is 141 cm³/mol. The maximum absolute atomic E-state index is 11.6. The summed E-state index contributed by atoms with van der Waals surface area (Å²) < 4.78 is 2.34. The van der Waals surface area contributed by atoms with E-state index in [-0.39, 0.29) is 5.56 Å². The van der Waals surface area contributed by atoms with Crippen LogP contribution in [-0.2, 0) is 13.0 Å². The van der Waals surface area contributed by atoms with Gasteiger partial charge in [-0.15, -0.1) is 0 Å². The third kappa shape index (κ3) is 5.95. The van der Waals surface area contributed by atoms with Gasteiger partial charge in [0, 0.05) is 30.5 Å². The zero-order valence-electron chi connectivity index (χ0n) is 20.6. The van der Waals surface area contributed by atoms with Gasteiger partial charge in [0.2, 0.25) is 0 Å². The molecule has 0 saturated heterocycles. The molecule has 0 saturated carbocycles. The predicted octanol–water partition coefficient (Wildman–Crippen LogP) is 6.27. The Labute approximate surface area is 207 Å². The second-order valence-electron chi connectivity index (χ2n) is 9.03. The number of benzene rings is 2. The molecule has 2 aromatic carbocycles. The van der Waals surface area contributed by atoms with Crippen LogP contribution in [0.1, 0.15) is 67.1 Å². The molecule has 0 atom stereocenters. The molecule has 2 heterocycles. The smallest absolute Gasteiger partial charge is 0.335 e. The van der Waals surface area contributed by atoms with Gasteiger partial charge in [0.15, 0.2) is 0 Å². The molecule has 35 heavy (non-hydrogen) atoms. The first-order valence-corrected chi connectivity index (χ1v) is 12.5. The van der Waals surface area contributed by atoms with E-state index >= 15 is 0 Å². The average molecular weight is 471 g/mol. The van der Waals surface area contributed by atoms with Gasteiger partial charge in [-0.25, -0.2) is 9.78 Å².